The van der Waals surface area contributed by atoms with E-state index in [1.54, 1.807) is 12.1 Å². The monoisotopic (exact) mass is 372 g/mol. The molecule has 1 aromatic carbocycles. The number of hydrogen-bond acceptors (Lipinski definition) is 4. The molecule has 5 heteroatoms. The molecule has 0 atom stereocenters. The van der Waals surface area contributed by atoms with Gasteiger partial charge < -0.3 is 19.4 Å². The van der Waals surface area contributed by atoms with Crippen LogP contribution in [0.25, 0.3) is 0 Å². The molecule has 27 heavy (non-hydrogen) atoms. The van der Waals surface area contributed by atoms with E-state index in [-0.39, 0.29) is 5.91 Å². The van der Waals surface area contributed by atoms with Gasteiger partial charge in [0.2, 0.25) is 0 Å². The Balaban J connectivity index is 1.75. The summed E-state index contributed by atoms with van der Waals surface area (Å²) in [4.78, 5) is 14.5. The molecule has 2 rings (SSSR count). The molecule has 1 aromatic heterocycles. The number of amides is 1. The van der Waals surface area contributed by atoms with Crippen LogP contribution in [-0.4, -0.2) is 37.0 Å². The number of carbonyl (C=O) groups is 1. The summed E-state index contributed by atoms with van der Waals surface area (Å²) in [6, 6.07) is 11.5. The van der Waals surface area contributed by atoms with Crippen molar-refractivity contribution in [3.8, 4) is 5.75 Å². The van der Waals surface area contributed by atoms with Crippen molar-refractivity contribution in [2.45, 2.75) is 46.6 Å². The van der Waals surface area contributed by atoms with Crippen LogP contribution in [0, 0.1) is 0 Å². The van der Waals surface area contributed by atoms with E-state index >= 15 is 0 Å². The van der Waals surface area contributed by atoms with Crippen molar-refractivity contribution in [1.82, 2.24) is 10.2 Å². The third-order valence-corrected chi connectivity index (χ3v) is 4.64. The van der Waals surface area contributed by atoms with E-state index in [0.717, 1.165) is 31.8 Å². The molecule has 1 N–H and O–H groups in total. The molecule has 1 amide bonds. The summed E-state index contributed by atoms with van der Waals surface area (Å²) >= 11 is 0. The average molecular weight is 373 g/mol. The van der Waals surface area contributed by atoms with E-state index in [1.807, 2.05) is 12.1 Å². The third kappa shape index (κ3) is 6.75. The van der Waals surface area contributed by atoms with Gasteiger partial charge in [-0.1, -0.05) is 39.8 Å². The number of hydrogen-bond donors (Lipinski definition) is 1. The standard InChI is InChI=1S/C22H32N2O3/c1-5-24(6-2)15-7-14-23-22(25)21-13-12-20(27-21)16-26-19-10-8-18(9-11-19)17(3)4/h8-13,17H,5-7,14-16H2,1-4H3,(H,23,25). The summed E-state index contributed by atoms with van der Waals surface area (Å²) in [5.74, 6) is 2.07. The maximum atomic E-state index is 12.2. The van der Waals surface area contributed by atoms with Gasteiger partial charge in [-0.2, -0.15) is 0 Å². The van der Waals surface area contributed by atoms with Crippen molar-refractivity contribution >= 4 is 5.91 Å². The Labute approximate surface area is 162 Å². The second kappa shape index (κ2) is 10.8. The lowest BCUT2D eigenvalue weighted by atomic mass is 10.0. The van der Waals surface area contributed by atoms with Crippen molar-refractivity contribution in [3.05, 3.63) is 53.5 Å². The predicted molar refractivity (Wildman–Crippen MR) is 108 cm³/mol. The van der Waals surface area contributed by atoms with Crippen molar-refractivity contribution in [1.29, 1.82) is 0 Å². The molecule has 148 valence electrons. The van der Waals surface area contributed by atoms with Crippen LogP contribution in [0.2, 0.25) is 0 Å². The predicted octanol–water partition coefficient (Wildman–Crippen LogP) is 4.44. The van der Waals surface area contributed by atoms with Gasteiger partial charge in [0.05, 0.1) is 0 Å². The van der Waals surface area contributed by atoms with Crippen LogP contribution in [-0.2, 0) is 6.61 Å². The Morgan fingerprint density at radius 3 is 2.44 bits per heavy atom. The zero-order valence-electron chi connectivity index (χ0n) is 17.0. The molecular weight excluding hydrogens is 340 g/mol. The molecule has 1 heterocycles. The summed E-state index contributed by atoms with van der Waals surface area (Å²) in [5, 5.41) is 2.91. The summed E-state index contributed by atoms with van der Waals surface area (Å²) in [6.45, 7) is 12.6. The molecule has 2 aromatic rings. The first-order valence-corrected chi connectivity index (χ1v) is 9.85. The first kappa shape index (κ1) is 21.0. The van der Waals surface area contributed by atoms with E-state index in [0.29, 0.717) is 30.6 Å². The normalized spacial score (nSPS) is 11.2. The number of benzene rings is 1. The maximum Gasteiger partial charge on any atom is 0.286 e. The molecule has 0 radical (unpaired) electrons. The van der Waals surface area contributed by atoms with Crippen molar-refractivity contribution in [3.63, 3.8) is 0 Å². The van der Waals surface area contributed by atoms with Gasteiger partial charge in [0.15, 0.2) is 5.76 Å². The molecule has 0 saturated heterocycles. The number of furan rings is 1. The lowest BCUT2D eigenvalue weighted by Gasteiger charge is -2.17. The van der Waals surface area contributed by atoms with Gasteiger partial charge in [-0.3, -0.25) is 4.79 Å². The molecule has 0 fully saturated rings. The van der Waals surface area contributed by atoms with Gasteiger partial charge in [0.25, 0.3) is 5.91 Å². The number of ether oxygens (including phenoxy) is 1. The Hall–Kier alpha value is -2.27. The summed E-state index contributed by atoms with van der Waals surface area (Å²) in [5.41, 5.74) is 1.28. The van der Waals surface area contributed by atoms with Gasteiger partial charge in [-0.05, 0) is 61.8 Å². The van der Waals surface area contributed by atoms with E-state index < -0.39 is 0 Å². The third-order valence-electron chi connectivity index (χ3n) is 4.64. The number of nitrogens with one attached hydrogen (secondary N) is 1. The smallest absolute Gasteiger partial charge is 0.286 e. The molecule has 0 saturated carbocycles. The molecular formula is C22H32N2O3. The van der Waals surface area contributed by atoms with Crippen LogP contribution in [0.3, 0.4) is 0 Å². The number of nitrogens with zero attached hydrogens (tertiary/aromatic N) is 1. The summed E-state index contributed by atoms with van der Waals surface area (Å²) in [7, 11) is 0. The Bertz CT molecular complexity index is 688. The van der Waals surface area contributed by atoms with Crippen LogP contribution >= 0.6 is 0 Å². The van der Waals surface area contributed by atoms with Crippen molar-refractivity contribution in [2.24, 2.45) is 0 Å². The number of carbonyl (C=O) groups excluding carboxylic acids is 1. The van der Waals surface area contributed by atoms with E-state index in [2.05, 4.69) is 50.0 Å². The van der Waals surface area contributed by atoms with Crippen LogP contribution in [0.1, 0.15) is 61.9 Å². The lowest BCUT2D eigenvalue weighted by molar-refractivity contribution is 0.0920. The number of rotatable bonds is 11. The lowest BCUT2D eigenvalue weighted by Crippen LogP contribution is -2.29. The van der Waals surface area contributed by atoms with Gasteiger partial charge >= 0.3 is 0 Å². The SMILES string of the molecule is CCN(CC)CCCNC(=O)c1ccc(COc2ccc(C(C)C)cc2)o1. The van der Waals surface area contributed by atoms with Gasteiger partial charge in [-0.15, -0.1) is 0 Å². The Kier molecular flexibility index (Phi) is 8.40. The van der Waals surface area contributed by atoms with Crippen LogP contribution < -0.4 is 10.1 Å². The molecule has 0 spiro atoms. The first-order valence-electron chi connectivity index (χ1n) is 9.85. The fourth-order valence-electron chi connectivity index (χ4n) is 2.81. The Morgan fingerprint density at radius 1 is 1.11 bits per heavy atom. The van der Waals surface area contributed by atoms with Gasteiger partial charge in [0.1, 0.15) is 18.1 Å². The molecule has 5 nitrogen and oxygen atoms in total. The van der Waals surface area contributed by atoms with Gasteiger partial charge in [-0.25, -0.2) is 0 Å². The zero-order chi connectivity index (χ0) is 19.6. The molecule has 0 aliphatic heterocycles. The van der Waals surface area contributed by atoms with E-state index in [1.165, 1.54) is 5.56 Å². The quantitative estimate of drug-likeness (QED) is 0.592. The second-order valence-electron chi connectivity index (χ2n) is 6.91. The minimum atomic E-state index is -0.179. The average Bonchev–Trinajstić information content (AvgIpc) is 3.16. The highest BCUT2D eigenvalue weighted by Gasteiger charge is 2.11. The summed E-state index contributed by atoms with van der Waals surface area (Å²) < 4.78 is 11.3. The van der Waals surface area contributed by atoms with E-state index in [4.69, 9.17) is 9.15 Å². The molecule has 0 aliphatic carbocycles. The topological polar surface area (TPSA) is 54.7 Å². The minimum absolute atomic E-state index is 0.179. The fourth-order valence-corrected chi connectivity index (χ4v) is 2.81. The minimum Gasteiger partial charge on any atom is -0.486 e. The van der Waals surface area contributed by atoms with Crippen molar-refractivity contribution in [2.75, 3.05) is 26.2 Å². The molecule has 0 unspecified atom stereocenters. The first-order chi connectivity index (χ1) is 13.0. The highest BCUT2D eigenvalue weighted by atomic mass is 16.5. The molecule has 0 aliphatic rings. The highest BCUT2D eigenvalue weighted by Crippen LogP contribution is 2.20. The van der Waals surface area contributed by atoms with Crippen LogP contribution in [0.4, 0.5) is 0 Å². The fraction of sp³-hybridized carbons (Fsp3) is 0.500. The largest absolute Gasteiger partial charge is 0.486 e. The Morgan fingerprint density at radius 2 is 1.81 bits per heavy atom. The highest BCUT2D eigenvalue weighted by molar-refractivity contribution is 5.91. The van der Waals surface area contributed by atoms with Gasteiger partial charge in [0, 0.05) is 6.54 Å². The zero-order valence-corrected chi connectivity index (χ0v) is 17.0. The van der Waals surface area contributed by atoms with Crippen LogP contribution in [0.15, 0.2) is 40.8 Å². The molecule has 0 bridgehead atoms. The van der Waals surface area contributed by atoms with E-state index in [9.17, 15) is 4.79 Å². The maximum absolute atomic E-state index is 12.2. The van der Waals surface area contributed by atoms with Crippen molar-refractivity contribution < 1.29 is 13.9 Å². The second-order valence-corrected chi connectivity index (χ2v) is 6.91. The van der Waals surface area contributed by atoms with Crippen LogP contribution in [0.5, 0.6) is 5.75 Å². The summed E-state index contributed by atoms with van der Waals surface area (Å²) in [6.07, 6.45) is 0.927.